The van der Waals surface area contributed by atoms with Crippen LogP contribution in [-0.2, 0) is 15.1 Å². The molecule has 0 spiro atoms. The molecule has 0 aliphatic carbocycles. The Labute approximate surface area is 245 Å². The Bertz CT molecular complexity index is 1620. The highest BCUT2D eigenvalue weighted by Crippen LogP contribution is 2.38. The monoisotopic (exact) mass is 593 g/mol. The van der Waals surface area contributed by atoms with Crippen LogP contribution in [-0.4, -0.2) is 58.8 Å². The molecule has 0 radical (unpaired) electrons. The molecule has 12 nitrogen and oxygen atoms in total. The van der Waals surface area contributed by atoms with E-state index in [1.807, 2.05) is 39.8 Å². The minimum Gasteiger partial charge on any atom is -0.494 e. The van der Waals surface area contributed by atoms with Crippen LogP contribution in [0.3, 0.4) is 0 Å². The third kappa shape index (κ3) is 5.51. The second-order valence-electron chi connectivity index (χ2n) is 10.5. The van der Waals surface area contributed by atoms with Crippen LogP contribution in [0.5, 0.6) is 11.5 Å². The summed E-state index contributed by atoms with van der Waals surface area (Å²) in [5.41, 5.74) is 0.279. The number of hydrogen-bond acceptors (Lipinski definition) is 9. The van der Waals surface area contributed by atoms with E-state index in [2.05, 4.69) is 16.0 Å². The highest BCUT2D eigenvalue weighted by molar-refractivity contribution is 7.18. The molecule has 1 atom stereocenters. The summed E-state index contributed by atoms with van der Waals surface area (Å²) in [4.78, 5) is 68.6. The standard InChI is InChI=1S/C29H31N5O7S/c1-5-11-41-20-13-16(40-6-2)14-21-23(20)32-27(42-21)29(3,4)33-28(39)30-15-7-8-17-18(12-15)26(38)34(25(17)37)19-9-10-22(35)31-24(19)36/h7-8,12-14,19H,5-6,9-11H2,1-4H3,(H2,30,33,39)(H,31,35,36). The van der Waals surface area contributed by atoms with Gasteiger partial charge in [0, 0.05) is 18.2 Å². The molecule has 5 rings (SSSR count). The van der Waals surface area contributed by atoms with E-state index in [0.29, 0.717) is 35.2 Å². The van der Waals surface area contributed by atoms with E-state index in [1.165, 1.54) is 29.5 Å². The number of ether oxygens (including phenoxy) is 2. The first-order valence-electron chi connectivity index (χ1n) is 13.7. The van der Waals surface area contributed by atoms with Crippen LogP contribution in [0.4, 0.5) is 10.5 Å². The molecule has 2 aromatic carbocycles. The number of imide groups is 2. The highest BCUT2D eigenvalue weighted by atomic mass is 32.1. The molecule has 3 N–H and O–H groups in total. The molecule has 0 saturated carbocycles. The third-order valence-electron chi connectivity index (χ3n) is 6.86. The van der Waals surface area contributed by atoms with Crippen molar-refractivity contribution >= 4 is 56.9 Å². The molecular formula is C29H31N5O7S. The number of amides is 6. The summed E-state index contributed by atoms with van der Waals surface area (Å²) < 4.78 is 12.5. The van der Waals surface area contributed by atoms with Gasteiger partial charge < -0.3 is 20.1 Å². The van der Waals surface area contributed by atoms with Crippen molar-refractivity contribution in [1.82, 2.24) is 20.5 Å². The first-order chi connectivity index (χ1) is 20.0. The number of carbonyl (C=O) groups is 5. The van der Waals surface area contributed by atoms with E-state index in [0.717, 1.165) is 16.0 Å². The highest BCUT2D eigenvalue weighted by Gasteiger charge is 2.44. The van der Waals surface area contributed by atoms with E-state index in [4.69, 9.17) is 14.5 Å². The van der Waals surface area contributed by atoms with Crippen molar-refractivity contribution in [2.45, 2.75) is 58.5 Å². The van der Waals surface area contributed by atoms with Gasteiger partial charge in [-0.3, -0.25) is 29.4 Å². The quantitative estimate of drug-likeness (QED) is 0.315. The average molecular weight is 594 g/mol. The number of nitrogens with one attached hydrogen (secondary N) is 3. The number of piperidine rings is 1. The fourth-order valence-electron chi connectivity index (χ4n) is 4.86. The zero-order valence-corrected chi connectivity index (χ0v) is 24.5. The molecule has 2 aliphatic rings. The van der Waals surface area contributed by atoms with Crippen molar-refractivity contribution in [2.75, 3.05) is 18.5 Å². The smallest absolute Gasteiger partial charge is 0.319 e. The fourth-order valence-corrected chi connectivity index (χ4v) is 5.93. The lowest BCUT2D eigenvalue weighted by Gasteiger charge is -2.27. The molecule has 6 amide bonds. The molecule has 1 fully saturated rings. The largest absolute Gasteiger partial charge is 0.494 e. The van der Waals surface area contributed by atoms with E-state index in [1.54, 1.807) is 0 Å². The maximum atomic E-state index is 13.1. The fraction of sp³-hybridized carbons (Fsp3) is 0.379. The second-order valence-corrected chi connectivity index (χ2v) is 11.5. The molecule has 1 aromatic heterocycles. The molecule has 13 heteroatoms. The minimum atomic E-state index is -1.07. The van der Waals surface area contributed by atoms with Gasteiger partial charge in [-0.25, -0.2) is 9.78 Å². The molecule has 1 saturated heterocycles. The number of fused-ring (bicyclic) bond motifs is 2. The SMILES string of the molecule is CCCOc1cc(OCC)cc2sc(C(C)(C)NC(=O)Nc3ccc4c(c3)C(=O)N(C3CCC(=O)NC3=O)C4=O)nc12. The number of thiazole rings is 1. The second kappa shape index (κ2) is 11.4. The predicted octanol–water partition coefficient (Wildman–Crippen LogP) is 3.94. The Kier molecular flexibility index (Phi) is 7.87. The van der Waals surface area contributed by atoms with Crippen LogP contribution < -0.4 is 25.4 Å². The third-order valence-corrected chi connectivity index (χ3v) is 8.19. The van der Waals surface area contributed by atoms with Gasteiger partial charge in [0.15, 0.2) is 0 Å². The normalized spacial score (nSPS) is 16.9. The Morgan fingerprint density at radius 2 is 1.86 bits per heavy atom. The molecule has 1 unspecified atom stereocenters. The van der Waals surface area contributed by atoms with Gasteiger partial charge in [-0.2, -0.15) is 0 Å². The summed E-state index contributed by atoms with van der Waals surface area (Å²) in [5, 5.41) is 8.46. The number of carbonyl (C=O) groups excluding carboxylic acids is 5. The van der Waals surface area contributed by atoms with Gasteiger partial charge in [-0.1, -0.05) is 6.92 Å². The first kappa shape index (κ1) is 29.0. The van der Waals surface area contributed by atoms with Crippen molar-refractivity contribution in [3.8, 4) is 11.5 Å². The number of aromatic nitrogens is 1. The van der Waals surface area contributed by atoms with Gasteiger partial charge >= 0.3 is 6.03 Å². The molecule has 3 aromatic rings. The summed E-state index contributed by atoms with van der Waals surface area (Å²) in [6.07, 6.45) is 0.924. The van der Waals surface area contributed by atoms with Crippen molar-refractivity contribution < 1.29 is 33.4 Å². The van der Waals surface area contributed by atoms with Gasteiger partial charge in [0.1, 0.15) is 28.1 Å². The van der Waals surface area contributed by atoms with Crippen molar-refractivity contribution in [1.29, 1.82) is 0 Å². The summed E-state index contributed by atoms with van der Waals surface area (Å²) in [6.45, 7) is 8.61. The molecular weight excluding hydrogens is 562 g/mol. The van der Waals surface area contributed by atoms with Crippen LogP contribution in [0.2, 0.25) is 0 Å². The predicted molar refractivity (Wildman–Crippen MR) is 155 cm³/mol. The van der Waals surface area contributed by atoms with Crippen LogP contribution in [0.15, 0.2) is 30.3 Å². The number of urea groups is 1. The minimum absolute atomic E-state index is 0.0298. The Morgan fingerprint density at radius 1 is 1.10 bits per heavy atom. The van der Waals surface area contributed by atoms with Crippen LogP contribution in [0, 0.1) is 0 Å². The van der Waals surface area contributed by atoms with E-state index < -0.39 is 41.2 Å². The van der Waals surface area contributed by atoms with E-state index in [9.17, 15) is 24.0 Å². The Balaban J connectivity index is 1.32. The summed E-state index contributed by atoms with van der Waals surface area (Å²) in [7, 11) is 0. The molecule has 0 bridgehead atoms. The van der Waals surface area contributed by atoms with Crippen molar-refractivity contribution in [3.63, 3.8) is 0 Å². The van der Waals surface area contributed by atoms with E-state index >= 15 is 0 Å². The lowest BCUT2D eigenvalue weighted by atomic mass is 10.0. The van der Waals surface area contributed by atoms with Crippen LogP contribution in [0.25, 0.3) is 10.2 Å². The van der Waals surface area contributed by atoms with Gasteiger partial charge in [0.05, 0.1) is 34.6 Å². The lowest BCUT2D eigenvalue weighted by Crippen LogP contribution is -2.54. The maximum Gasteiger partial charge on any atom is 0.319 e. The topological polar surface area (TPSA) is 156 Å². The zero-order valence-electron chi connectivity index (χ0n) is 23.7. The molecule has 2 aliphatic heterocycles. The van der Waals surface area contributed by atoms with Gasteiger partial charge in [-0.15, -0.1) is 11.3 Å². The van der Waals surface area contributed by atoms with Gasteiger partial charge in [0.25, 0.3) is 11.8 Å². The van der Waals surface area contributed by atoms with Crippen LogP contribution >= 0.6 is 11.3 Å². The molecule has 220 valence electrons. The number of benzene rings is 2. The van der Waals surface area contributed by atoms with Crippen molar-refractivity contribution in [2.24, 2.45) is 0 Å². The average Bonchev–Trinajstić information content (AvgIpc) is 3.47. The maximum absolute atomic E-state index is 13.1. The van der Waals surface area contributed by atoms with Gasteiger partial charge in [0.2, 0.25) is 11.8 Å². The summed E-state index contributed by atoms with van der Waals surface area (Å²) in [6, 6.07) is 6.45. The zero-order chi connectivity index (χ0) is 30.2. The molecule has 3 heterocycles. The van der Waals surface area contributed by atoms with Gasteiger partial charge in [-0.05, 0) is 57.9 Å². The number of nitrogens with zero attached hydrogens (tertiary/aromatic N) is 2. The first-order valence-corrected chi connectivity index (χ1v) is 14.5. The summed E-state index contributed by atoms with van der Waals surface area (Å²) >= 11 is 1.42. The number of hydrogen-bond donors (Lipinski definition) is 3. The Hall–Kier alpha value is -4.52. The summed E-state index contributed by atoms with van der Waals surface area (Å²) in [5.74, 6) is -1.11. The lowest BCUT2D eigenvalue weighted by molar-refractivity contribution is -0.136. The Morgan fingerprint density at radius 3 is 2.57 bits per heavy atom. The van der Waals surface area contributed by atoms with Crippen LogP contribution in [0.1, 0.15) is 72.7 Å². The number of rotatable bonds is 9. The van der Waals surface area contributed by atoms with E-state index in [-0.39, 0.29) is 29.7 Å². The number of anilines is 1. The molecule has 42 heavy (non-hydrogen) atoms. The van der Waals surface area contributed by atoms with Crippen molar-refractivity contribution in [3.05, 3.63) is 46.5 Å².